The average molecular weight is 154 g/mol. The topological polar surface area (TPSA) is 29.3 Å². The summed E-state index contributed by atoms with van der Waals surface area (Å²) in [7, 11) is 0. The van der Waals surface area contributed by atoms with Crippen LogP contribution in [0.4, 0.5) is 0 Å². The van der Waals surface area contributed by atoms with Gasteiger partial charge in [-0.3, -0.25) is 0 Å². The molecule has 0 aliphatic heterocycles. The van der Waals surface area contributed by atoms with E-state index in [1.54, 1.807) is 0 Å². The molecule has 0 heterocycles. The molecule has 1 atom stereocenters. The fraction of sp³-hybridized carbons (Fsp3) is 0.778. The molecule has 1 fully saturated rings. The number of hydrogen-bond donors (Lipinski definition) is 1. The molecule has 0 spiro atoms. The summed E-state index contributed by atoms with van der Waals surface area (Å²) in [6, 6.07) is 0.685. The lowest BCUT2D eigenvalue weighted by Gasteiger charge is -2.30. The summed E-state index contributed by atoms with van der Waals surface area (Å²) >= 11 is 0. The summed E-state index contributed by atoms with van der Waals surface area (Å²) in [6.07, 6.45) is 4.60. The van der Waals surface area contributed by atoms with Gasteiger partial charge in [-0.15, -0.1) is 0 Å². The predicted octanol–water partition coefficient (Wildman–Crippen LogP) is 1.54. The Labute approximate surface area is 69.1 Å². The Morgan fingerprint density at radius 3 is 2.36 bits per heavy atom. The van der Waals surface area contributed by atoms with Crippen LogP contribution in [0.25, 0.3) is 0 Å². The molecule has 0 aromatic heterocycles. The van der Waals surface area contributed by atoms with Crippen LogP contribution in [0.5, 0.6) is 0 Å². The SMILES string of the molecule is C=CN(C1CC1)C(N)C(C)C. The largest absolute Gasteiger partial charge is 0.360 e. The lowest BCUT2D eigenvalue weighted by Crippen LogP contribution is -2.43. The molecule has 0 aromatic rings. The first-order valence-electron chi connectivity index (χ1n) is 4.32. The first-order valence-corrected chi connectivity index (χ1v) is 4.32. The predicted molar refractivity (Wildman–Crippen MR) is 47.9 cm³/mol. The van der Waals surface area contributed by atoms with Crippen molar-refractivity contribution in [2.45, 2.75) is 38.9 Å². The molecule has 1 rings (SSSR count). The van der Waals surface area contributed by atoms with Crippen molar-refractivity contribution in [3.8, 4) is 0 Å². The van der Waals surface area contributed by atoms with Gasteiger partial charge in [0.2, 0.25) is 0 Å². The zero-order valence-corrected chi connectivity index (χ0v) is 7.46. The van der Waals surface area contributed by atoms with Gasteiger partial charge in [0.25, 0.3) is 0 Å². The minimum absolute atomic E-state index is 0.153. The van der Waals surface area contributed by atoms with Gasteiger partial charge in [-0.1, -0.05) is 20.4 Å². The van der Waals surface area contributed by atoms with Crippen molar-refractivity contribution in [2.24, 2.45) is 11.7 Å². The Bertz CT molecular complexity index is 138. The molecular formula is C9H18N2. The molecule has 0 amide bonds. The van der Waals surface area contributed by atoms with Gasteiger partial charge in [0, 0.05) is 6.04 Å². The average Bonchev–Trinajstić information content (AvgIpc) is 2.72. The van der Waals surface area contributed by atoms with Gasteiger partial charge in [0.05, 0.1) is 6.17 Å². The van der Waals surface area contributed by atoms with E-state index in [2.05, 4.69) is 25.3 Å². The van der Waals surface area contributed by atoms with Crippen LogP contribution < -0.4 is 5.73 Å². The second kappa shape index (κ2) is 3.26. The fourth-order valence-corrected chi connectivity index (χ4v) is 1.23. The minimum Gasteiger partial charge on any atom is -0.360 e. The normalized spacial score (nSPS) is 20.0. The van der Waals surface area contributed by atoms with Gasteiger partial charge >= 0.3 is 0 Å². The van der Waals surface area contributed by atoms with E-state index in [4.69, 9.17) is 5.73 Å². The van der Waals surface area contributed by atoms with Gasteiger partial charge in [0.15, 0.2) is 0 Å². The van der Waals surface area contributed by atoms with Crippen molar-refractivity contribution >= 4 is 0 Å². The van der Waals surface area contributed by atoms with Gasteiger partial charge in [-0.05, 0) is 25.0 Å². The standard InChI is InChI=1S/C9H18N2/c1-4-11(8-5-6-8)9(10)7(2)3/h4,7-9H,1,5-6,10H2,2-3H3. The smallest absolute Gasteiger partial charge is 0.0791 e. The summed E-state index contributed by atoms with van der Waals surface area (Å²) in [5.41, 5.74) is 5.97. The molecule has 11 heavy (non-hydrogen) atoms. The first-order chi connectivity index (χ1) is 5.16. The highest BCUT2D eigenvalue weighted by molar-refractivity contribution is 4.92. The van der Waals surface area contributed by atoms with Crippen molar-refractivity contribution in [3.63, 3.8) is 0 Å². The van der Waals surface area contributed by atoms with Gasteiger partial charge in [0.1, 0.15) is 0 Å². The molecule has 0 saturated heterocycles. The minimum atomic E-state index is 0.153. The third-order valence-corrected chi connectivity index (χ3v) is 2.21. The van der Waals surface area contributed by atoms with E-state index in [1.807, 2.05) is 6.20 Å². The molecule has 1 aliphatic carbocycles. The van der Waals surface area contributed by atoms with Crippen LogP contribution >= 0.6 is 0 Å². The molecule has 0 radical (unpaired) electrons. The van der Waals surface area contributed by atoms with E-state index in [9.17, 15) is 0 Å². The number of nitrogens with two attached hydrogens (primary N) is 1. The van der Waals surface area contributed by atoms with E-state index < -0.39 is 0 Å². The van der Waals surface area contributed by atoms with Crippen molar-refractivity contribution in [2.75, 3.05) is 0 Å². The quantitative estimate of drug-likeness (QED) is 0.622. The van der Waals surface area contributed by atoms with E-state index >= 15 is 0 Å². The van der Waals surface area contributed by atoms with Crippen LogP contribution in [0.2, 0.25) is 0 Å². The number of hydrogen-bond acceptors (Lipinski definition) is 2. The van der Waals surface area contributed by atoms with Crippen LogP contribution in [0.15, 0.2) is 12.8 Å². The summed E-state index contributed by atoms with van der Waals surface area (Å²) in [4.78, 5) is 2.19. The lowest BCUT2D eigenvalue weighted by atomic mass is 10.1. The van der Waals surface area contributed by atoms with E-state index in [0.717, 1.165) is 0 Å². The Balaban J connectivity index is 2.45. The summed E-state index contributed by atoms with van der Waals surface area (Å²) in [6.45, 7) is 8.06. The van der Waals surface area contributed by atoms with E-state index in [1.165, 1.54) is 12.8 Å². The van der Waals surface area contributed by atoms with Crippen LogP contribution in [0.1, 0.15) is 26.7 Å². The number of nitrogens with zero attached hydrogens (tertiary/aromatic N) is 1. The molecule has 64 valence electrons. The molecule has 0 bridgehead atoms. The van der Waals surface area contributed by atoms with Gasteiger partial charge in [-0.2, -0.15) is 0 Å². The van der Waals surface area contributed by atoms with E-state index in [0.29, 0.717) is 12.0 Å². The first kappa shape index (κ1) is 8.60. The Kier molecular flexibility index (Phi) is 2.55. The van der Waals surface area contributed by atoms with Crippen molar-refractivity contribution < 1.29 is 0 Å². The van der Waals surface area contributed by atoms with Crippen LogP contribution in [0, 0.1) is 5.92 Å². The summed E-state index contributed by atoms with van der Waals surface area (Å²) in [5, 5.41) is 0. The van der Waals surface area contributed by atoms with Crippen LogP contribution in [-0.4, -0.2) is 17.1 Å². The zero-order valence-electron chi connectivity index (χ0n) is 7.46. The molecule has 1 saturated carbocycles. The maximum Gasteiger partial charge on any atom is 0.0791 e. The van der Waals surface area contributed by atoms with Crippen LogP contribution in [-0.2, 0) is 0 Å². The zero-order chi connectivity index (χ0) is 8.43. The molecule has 2 heteroatoms. The Morgan fingerprint density at radius 1 is 1.55 bits per heavy atom. The Hall–Kier alpha value is -0.500. The van der Waals surface area contributed by atoms with Crippen molar-refractivity contribution in [1.29, 1.82) is 0 Å². The highest BCUT2D eigenvalue weighted by atomic mass is 15.3. The molecular weight excluding hydrogens is 136 g/mol. The van der Waals surface area contributed by atoms with Gasteiger partial charge < -0.3 is 10.6 Å². The second-order valence-corrected chi connectivity index (χ2v) is 3.60. The highest BCUT2D eigenvalue weighted by Crippen LogP contribution is 2.29. The van der Waals surface area contributed by atoms with Gasteiger partial charge in [-0.25, -0.2) is 0 Å². The van der Waals surface area contributed by atoms with Crippen molar-refractivity contribution in [1.82, 2.24) is 4.90 Å². The molecule has 1 unspecified atom stereocenters. The van der Waals surface area contributed by atoms with Crippen LogP contribution in [0.3, 0.4) is 0 Å². The highest BCUT2D eigenvalue weighted by Gasteiger charge is 2.30. The second-order valence-electron chi connectivity index (χ2n) is 3.60. The molecule has 2 N–H and O–H groups in total. The maximum absolute atomic E-state index is 5.97. The maximum atomic E-state index is 5.97. The summed E-state index contributed by atoms with van der Waals surface area (Å²) < 4.78 is 0. The van der Waals surface area contributed by atoms with Crippen molar-refractivity contribution in [3.05, 3.63) is 12.8 Å². The summed E-state index contributed by atoms with van der Waals surface area (Å²) in [5.74, 6) is 0.508. The molecule has 2 nitrogen and oxygen atoms in total. The third-order valence-electron chi connectivity index (χ3n) is 2.21. The van der Waals surface area contributed by atoms with E-state index in [-0.39, 0.29) is 6.17 Å². The monoisotopic (exact) mass is 154 g/mol. The fourth-order valence-electron chi connectivity index (χ4n) is 1.23. The number of rotatable bonds is 4. The third kappa shape index (κ3) is 1.96. The molecule has 0 aromatic carbocycles. The molecule has 1 aliphatic rings. The lowest BCUT2D eigenvalue weighted by molar-refractivity contribution is 0.217. The Morgan fingerprint density at radius 2 is 2.09 bits per heavy atom.